The van der Waals surface area contributed by atoms with Gasteiger partial charge in [-0.15, -0.1) is 0 Å². The smallest absolute Gasteiger partial charge is 0.273 e. The van der Waals surface area contributed by atoms with Gasteiger partial charge >= 0.3 is 0 Å². The largest absolute Gasteiger partial charge is 0.350 e. The van der Waals surface area contributed by atoms with Crippen LogP contribution < -0.4 is 10.5 Å². The lowest BCUT2D eigenvalue weighted by Gasteiger charge is -2.10. The Morgan fingerprint density at radius 2 is 2.20 bits per heavy atom. The fourth-order valence-corrected chi connectivity index (χ4v) is 3.18. The first-order chi connectivity index (χ1) is 9.34. The normalized spacial score (nSPS) is 16.9. The second-order valence-corrected chi connectivity index (χ2v) is 6.80. The summed E-state index contributed by atoms with van der Waals surface area (Å²) in [6.07, 6.45) is 2.80. The van der Waals surface area contributed by atoms with Crippen molar-refractivity contribution in [1.29, 1.82) is 0 Å². The van der Waals surface area contributed by atoms with Crippen LogP contribution in [-0.2, 0) is 16.4 Å². The molecule has 2 rings (SSSR count). The van der Waals surface area contributed by atoms with Gasteiger partial charge in [0.1, 0.15) is 4.90 Å². The highest BCUT2D eigenvalue weighted by Crippen LogP contribution is 2.36. The van der Waals surface area contributed by atoms with Gasteiger partial charge in [-0.2, -0.15) is 5.10 Å². The molecule has 0 aromatic carbocycles. The molecule has 1 heterocycles. The van der Waals surface area contributed by atoms with Crippen LogP contribution in [0.5, 0.6) is 0 Å². The summed E-state index contributed by atoms with van der Waals surface area (Å²) < 4.78 is 23.2. The predicted octanol–water partition coefficient (Wildman–Crippen LogP) is 0.395. The summed E-state index contributed by atoms with van der Waals surface area (Å²) >= 11 is 0. The summed E-state index contributed by atoms with van der Waals surface area (Å²) in [5, 5.41) is 14.3. The molecule has 4 N–H and O–H groups in total. The topological polar surface area (TPSA) is 118 Å². The van der Waals surface area contributed by atoms with Gasteiger partial charge in [-0.25, -0.2) is 13.6 Å². The number of sulfonamides is 1. The minimum atomic E-state index is -3.98. The van der Waals surface area contributed by atoms with Crippen molar-refractivity contribution in [1.82, 2.24) is 15.5 Å². The second-order valence-electron chi connectivity index (χ2n) is 5.30. The molecule has 0 saturated heterocycles. The molecular formula is C12H20N4O3S. The summed E-state index contributed by atoms with van der Waals surface area (Å²) in [5.74, 6) is 0.553. The molecule has 0 spiro atoms. The Balaban J connectivity index is 2.15. The first-order valence-corrected chi connectivity index (χ1v) is 8.27. The minimum Gasteiger partial charge on any atom is -0.350 e. The number of aromatic nitrogens is 2. The van der Waals surface area contributed by atoms with Gasteiger partial charge < -0.3 is 5.32 Å². The summed E-state index contributed by atoms with van der Waals surface area (Å²) in [6, 6.07) is 0. The number of hydrogen-bond acceptors (Lipinski definition) is 4. The average Bonchev–Trinajstić information content (AvgIpc) is 3.12. The van der Waals surface area contributed by atoms with Crippen molar-refractivity contribution >= 4 is 15.9 Å². The molecule has 8 heteroatoms. The highest BCUT2D eigenvalue weighted by molar-refractivity contribution is 7.89. The van der Waals surface area contributed by atoms with Crippen molar-refractivity contribution in [2.45, 2.75) is 38.0 Å². The summed E-state index contributed by atoms with van der Waals surface area (Å²) in [7, 11) is -3.98. The number of primary sulfonamides is 1. The van der Waals surface area contributed by atoms with Crippen LogP contribution in [0.25, 0.3) is 0 Å². The average molecular weight is 300 g/mol. The van der Waals surface area contributed by atoms with E-state index in [0.29, 0.717) is 30.5 Å². The molecule has 0 aliphatic heterocycles. The number of nitrogens with one attached hydrogen (secondary N) is 2. The van der Waals surface area contributed by atoms with Crippen molar-refractivity contribution in [2.24, 2.45) is 17.0 Å². The first-order valence-electron chi connectivity index (χ1n) is 6.72. The zero-order valence-electron chi connectivity index (χ0n) is 11.6. The predicted molar refractivity (Wildman–Crippen MR) is 73.6 cm³/mol. The lowest BCUT2D eigenvalue weighted by molar-refractivity contribution is 0.0938. The highest BCUT2D eigenvalue weighted by atomic mass is 32.2. The maximum atomic E-state index is 12.1. The van der Waals surface area contributed by atoms with E-state index >= 15 is 0 Å². The van der Waals surface area contributed by atoms with E-state index in [2.05, 4.69) is 22.4 Å². The standard InChI is InChI=1S/C12H20N4O3S/c1-3-9-11(20(13,18)19)10(16-15-9)12(17)14-6-7(2)8-4-5-8/h7-8H,3-6H2,1-2H3,(H,14,17)(H,15,16)(H2,13,18,19). The summed E-state index contributed by atoms with van der Waals surface area (Å²) in [4.78, 5) is 11.9. The number of aromatic amines is 1. The Morgan fingerprint density at radius 3 is 2.70 bits per heavy atom. The third kappa shape index (κ3) is 3.18. The van der Waals surface area contributed by atoms with Gasteiger partial charge in [-0.05, 0) is 31.1 Å². The summed E-state index contributed by atoms with van der Waals surface area (Å²) in [6.45, 7) is 4.35. The van der Waals surface area contributed by atoms with Crippen LogP contribution in [0.3, 0.4) is 0 Å². The molecule has 7 nitrogen and oxygen atoms in total. The molecule has 1 unspecified atom stereocenters. The van der Waals surface area contributed by atoms with Gasteiger partial charge in [-0.3, -0.25) is 9.89 Å². The van der Waals surface area contributed by atoms with E-state index < -0.39 is 15.9 Å². The zero-order chi connectivity index (χ0) is 14.9. The Bertz CT molecular complexity index is 604. The number of hydrogen-bond donors (Lipinski definition) is 3. The van der Waals surface area contributed by atoms with Crippen LogP contribution in [0.4, 0.5) is 0 Å². The molecule has 0 radical (unpaired) electrons. The van der Waals surface area contributed by atoms with Crippen molar-refractivity contribution < 1.29 is 13.2 Å². The third-order valence-corrected chi connectivity index (χ3v) is 4.67. The minimum absolute atomic E-state index is 0.146. The molecule has 112 valence electrons. The number of carbonyl (C=O) groups excluding carboxylic acids is 1. The van der Waals surface area contributed by atoms with E-state index in [-0.39, 0.29) is 10.6 Å². The van der Waals surface area contributed by atoms with Crippen molar-refractivity contribution in [3.8, 4) is 0 Å². The lowest BCUT2D eigenvalue weighted by atomic mass is 10.1. The number of nitrogens with two attached hydrogens (primary N) is 1. The third-order valence-electron chi connectivity index (χ3n) is 3.66. The fraction of sp³-hybridized carbons (Fsp3) is 0.667. The second kappa shape index (κ2) is 5.53. The quantitative estimate of drug-likeness (QED) is 0.704. The van der Waals surface area contributed by atoms with E-state index in [4.69, 9.17) is 5.14 Å². The van der Waals surface area contributed by atoms with E-state index in [9.17, 15) is 13.2 Å². The number of rotatable bonds is 6. The van der Waals surface area contributed by atoms with E-state index in [0.717, 1.165) is 0 Å². The Labute approximate surface area is 118 Å². The molecule has 0 bridgehead atoms. The van der Waals surface area contributed by atoms with Gasteiger partial charge in [-0.1, -0.05) is 13.8 Å². The molecule has 1 aromatic heterocycles. The molecule has 1 aliphatic rings. The monoisotopic (exact) mass is 300 g/mol. The summed E-state index contributed by atoms with van der Waals surface area (Å²) in [5.41, 5.74) is 0.209. The number of aryl methyl sites for hydroxylation is 1. The zero-order valence-corrected chi connectivity index (χ0v) is 12.5. The first kappa shape index (κ1) is 15.0. The molecule has 20 heavy (non-hydrogen) atoms. The van der Waals surface area contributed by atoms with Crippen LogP contribution in [0.15, 0.2) is 4.90 Å². The van der Waals surface area contributed by atoms with Crippen LogP contribution in [0, 0.1) is 11.8 Å². The Kier molecular flexibility index (Phi) is 4.14. The van der Waals surface area contributed by atoms with Gasteiger partial charge in [0.15, 0.2) is 5.69 Å². The number of nitrogens with zero attached hydrogens (tertiary/aromatic N) is 1. The lowest BCUT2D eigenvalue weighted by Crippen LogP contribution is -2.31. The molecule has 1 aromatic rings. The molecule has 1 amide bonds. The van der Waals surface area contributed by atoms with Crippen LogP contribution in [-0.4, -0.2) is 31.1 Å². The van der Waals surface area contributed by atoms with Gasteiger partial charge in [0.2, 0.25) is 10.0 Å². The van der Waals surface area contributed by atoms with E-state index in [1.165, 1.54) is 12.8 Å². The van der Waals surface area contributed by atoms with Crippen LogP contribution >= 0.6 is 0 Å². The Morgan fingerprint density at radius 1 is 1.55 bits per heavy atom. The fourth-order valence-electron chi connectivity index (χ4n) is 2.24. The molecule has 1 atom stereocenters. The van der Waals surface area contributed by atoms with Gasteiger partial charge in [0.25, 0.3) is 5.91 Å². The van der Waals surface area contributed by atoms with E-state index in [1.54, 1.807) is 6.92 Å². The highest BCUT2D eigenvalue weighted by Gasteiger charge is 2.30. The van der Waals surface area contributed by atoms with Crippen molar-refractivity contribution in [2.75, 3.05) is 6.54 Å². The molecule has 1 fully saturated rings. The maximum Gasteiger partial charge on any atom is 0.273 e. The SMILES string of the molecule is CCc1[nH]nc(C(=O)NCC(C)C2CC2)c1S(N)(=O)=O. The van der Waals surface area contributed by atoms with Crippen LogP contribution in [0.2, 0.25) is 0 Å². The molecule has 1 aliphatic carbocycles. The van der Waals surface area contributed by atoms with Gasteiger partial charge in [0, 0.05) is 6.54 Å². The van der Waals surface area contributed by atoms with E-state index in [1.807, 2.05) is 0 Å². The van der Waals surface area contributed by atoms with Crippen molar-refractivity contribution in [3.05, 3.63) is 11.4 Å². The van der Waals surface area contributed by atoms with Gasteiger partial charge in [0.05, 0.1) is 5.69 Å². The maximum absolute atomic E-state index is 12.1. The Hall–Kier alpha value is -1.41. The van der Waals surface area contributed by atoms with Crippen LogP contribution in [0.1, 0.15) is 42.9 Å². The van der Waals surface area contributed by atoms with Crippen molar-refractivity contribution in [3.63, 3.8) is 0 Å². The number of carbonyl (C=O) groups is 1. The molecule has 1 saturated carbocycles. The molecular weight excluding hydrogens is 280 g/mol. The number of amides is 1. The number of H-pyrrole nitrogens is 1.